The lowest BCUT2D eigenvalue weighted by molar-refractivity contribution is -0.154. The summed E-state index contributed by atoms with van der Waals surface area (Å²) in [7, 11) is 0. The van der Waals surface area contributed by atoms with Gasteiger partial charge in [0.05, 0.1) is 6.42 Å². The highest BCUT2D eigenvalue weighted by atomic mass is 16.6. The van der Waals surface area contributed by atoms with E-state index in [1.54, 1.807) is 0 Å². The minimum atomic E-state index is -0.406. The Labute approximate surface area is 110 Å². The Morgan fingerprint density at radius 3 is 2.56 bits per heavy atom. The normalized spacial score (nSPS) is 11.2. The molecular weight excluding hydrogens is 226 g/mol. The van der Waals surface area contributed by atoms with Gasteiger partial charge in [-0.3, -0.25) is 4.79 Å². The Balaban J connectivity index is 2.42. The topological polar surface area (TPSA) is 38.3 Å². The van der Waals surface area contributed by atoms with Crippen LogP contribution in [-0.4, -0.2) is 18.1 Å². The molecule has 100 valence electrons. The van der Waals surface area contributed by atoms with Gasteiger partial charge in [-0.2, -0.15) is 0 Å². The molecule has 0 aliphatic carbocycles. The van der Waals surface area contributed by atoms with Crippen LogP contribution in [0.15, 0.2) is 18.2 Å². The summed E-state index contributed by atoms with van der Waals surface area (Å²) in [6.07, 6.45) is 0.380. The van der Waals surface area contributed by atoms with Gasteiger partial charge in [-0.25, -0.2) is 0 Å². The van der Waals surface area contributed by atoms with Gasteiger partial charge in [0.15, 0.2) is 0 Å². The number of aryl methyl sites for hydroxylation is 2. The van der Waals surface area contributed by atoms with Crippen molar-refractivity contribution in [2.45, 2.75) is 46.6 Å². The van der Waals surface area contributed by atoms with Crippen LogP contribution in [-0.2, 0) is 9.53 Å². The van der Waals surface area contributed by atoms with Gasteiger partial charge in [0.25, 0.3) is 0 Å². The largest absolute Gasteiger partial charge is 0.460 e. The lowest BCUT2D eigenvalue weighted by Gasteiger charge is -2.19. The molecule has 1 N–H and O–H groups in total. The van der Waals surface area contributed by atoms with Gasteiger partial charge in [0.1, 0.15) is 5.60 Å². The third-order valence-corrected chi connectivity index (χ3v) is 2.46. The first-order valence-corrected chi connectivity index (χ1v) is 6.31. The Morgan fingerprint density at radius 2 is 1.94 bits per heavy atom. The molecule has 1 rings (SSSR count). The first-order valence-electron chi connectivity index (χ1n) is 6.31. The van der Waals surface area contributed by atoms with Gasteiger partial charge in [-0.05, 0) is 51.8 Å². The monoisotopic (exact) mass is 249 g/mol. The molecule has 0 aromatic heterocycles. The first kappa shape index (κ1) is 14.6. The van der Waals surface area contributed by atoms with E-state index in [9.17, 15) is 4.79 Å². The van der Waals surface area contributed by atoms with E-state index in [-0.39, 0.29) is 5.97 Å². The Morgan fingerprint density at radius 1 is 1.28 bits per heavy atom. The minimum Gasteiger partial charge on any atom is -0.460 e. The summed E-state index contributed by atoms with van der Waals surface area (Å²) in [4.78, 5) is 11.5. The molecule has 0 aliphatic heterocycles. The molecule has 0 unspecified atom stereocenters. The Bertz CT molecular complexity index is 419. The highest BCUT2D eigenvalue weighted by molar-refractivity contribution is 5.70. The second kappa shape index (κ2) is 5.89. The summed E-state index contributed by atoms with van der Waals surface area (Å²) in [6.45, 7) is 10.3. The molecule has 0 saturated carbocycles. The molecule has 0 radical (unpaired) electrons. The van der Waals surface area contributed by atoms with Crippen molar-refractivity contribution in [3.05, 3.63) is 29.3 Å². The maximum Gasteiger partial charge on any atom is 0.308 e. The molecule has 18 heavy (non-hydrogen) atoms. The molecule has 0 saturated heterocycles. The van der Waals surface area contributed by atoms with Gasteiger partial charge in [-0.1, -0.05) is 12.1 Å². The first-order chi connectivity index (χ1) is 8.28. The Kier molecular flexibility index (Phi) is 4.76. The van der Waals surface area contributed by atoms with Crippen molar-refractivity contribution in [2.75, 3.05) is 11.9 Å². The number of anilines is 1. The van der Waals surface area contributed by atoms with E-state index in [1.165, 1.54) is 11.1 Å². The highest BCUT2D eigenvalue weighted by Gasteiger charge is 2.15. The third-order valence-electron chi connectivity index (χ3n) is 2.46. The van der Waals surface area contributed by atoms with Crippen LogP contribution >= 0.6 is 0 Å². The van der Waals surface area contributed by atoms with E-state index in [0.717, 1.165) is 5.69 Å². The SMILES string of the molecule is Cc1ccc(C)c(NCCC(=O)OC(C)(C)C)c1. The zero-order valence-corrected chi connectivity index (χ0v) is 12.0. The second-order valence-electron chi connectivity index (χ2n) is 5.58. The standard InChI is InChI=1S/C15H23NO2/c1-11-6-7-12(2)13(10-11)16-9-8-14(17)18-15(3,4)5/h6-7,10,16H,8-9H2,1-5H3. The van der Waals surface area contributed by atoms with Gasteiger partial charge in [0, 0.05) is 12.2 Å². The highest BCUT2D eigenvalue weighted by Crippen LogP contribution is 2.16. The zero-order chi connectivity index (χ0) is 13.8. The van der Waals surface area contributed by atoms with Crippen molar-refractivity contribution < 1.29 is 9.53 Å². The quantitative estimate of drug-likeness (QED) is 0.831. The summed E-state index contributed by atoms with van der Waals surface area (Å²) < 4.78 is 5.25. The number of carbonyl (C=O) groups is 1. The molecule has 0 fully saturated rings. The minimum absolute atomic E-state index is 0.166. The van der Waals surface area contributed by atoms with E-state index < -0.39 is 5.60 Å². The summed E-state index contributed by atoms with van der Waals surface area (Å²) >= 11 is 0. The predicted octanol–water partition coefficient (Wildman–Crippen LogP) is 3.45. The molecule has 3 nitrogen and oxygen atoms in total. The molecule has 0 spiro atoms. The van der Waals surface area contributed by atoms with E-state index in [0.29, 0.717) is 13.0 Å². The average molecular weight is 249 g/mol. The van der Waals surface area contributed by atoms with Crippen LogP contribution in [0, 0.1) is 13.8 Å². The molecular formula is C15H23NO2. The fourth-order valence-corrected chi connectivity index (χ4v) is 1.62. The van der Waals surface area contributed by atoms with Crippen molar-refractivity contribution in [2.24, 2.45) is 0 Å². The lowest BCUT2D eigenvalue weighted by atomic mass is 10.1. The molecule has 0 aliphatic rings. The number of carbonyl (C=O) groups excluding carboxylic acids is 1. The smallest absolute Gasteiger partial charge is 0.308 e. The van der Waals surface area contributed by atoms with Crippen LogP contribution in [0.4, 0.5) is 5.69 Å². The summed E-state index contributed by atoms with van der Waals surface area (Å²) in [6, 6.07) is 6.24. The molecule has 1 aromatic rings. The van der Waals surface area contributed by atoms with Crippen molar-refractivity contribution in [3.63, 3.8) is 0 Å². The lowest BCUT2D eigenvalue weighted by Crippen LogP contribution is -2.25. The number of benzene rings is 1. The van der Waals surface area contributed by atoms with Crippen molar-refractivity contribution in [1.82, 2.24) is 0 Å². The Hall–Kier alpha value is -1.51. The van der Waals surface area contributed by atoms with Crippen molar-refractivity contribution >= 4 is 11.7 Å². The predicted molar refractivity (Wildman–Crippen MR) is 74.9 cm³/mol. The fourth-order valence-electron chi connectivity index (χ4n) is 1.62. The van der Waals surface area contributed by atoms with E-state index in [4.69, 9.17) is 4.74 Å². The molecule has 1 aromatic carbocycles. The van der Waals surface area contributed by atoms with Gasteiger partial charge in [-0.15, -0.1) is 0 Å². The number of nitrogens with one attached hydrogen (secondary N) is 1. The average Bonchev–Trinajstić information content (AvgIpc) is 2.20. The molecule has 3 heteroatoms. The number of esters is 1. The van der Waals surface area contributed by atoms with E-state index in [2.05, 4.69) is 37.4 Å². The summed E-state index contributed by atoms with van der Waals surface area (Å²) in [5, 5.41) is 3.27. The molecule has 0 heterocycles. The molecule has 0 amide bonds. The maximum atomic E-state index is 11.5. The van der Waals surface area contributed by atoms with Crippen LogP contribution in [0.1, 0.15) is 38.3 Å². The van der Waals surface area contributed by atoms with Crippen LogP contribution in [0.25, 0.3) is 0 Å². The second-order valence-corrected chi connectivity index (χ2v) is 5.58. The van der Waals surface area contributed by atoms with Crippen LogP contribution in [0.2, 0.25) is 0 Å². The summed E-state index contributed by atoms with van der Waals surface area (Å²) in [5.41, 5.74) is 3.07. The number of hydrogen-bond donors (Lipinski definition) is 1. The number of hydrogen-bond acceptors (Lipinski definition) is 3. The van der Waals surface area contributed by atoms with Crippen molar-refractivity contribution in [1.29, 1.82) is 0 Å². The van der Waals surface area contributed by atoms with Crippen molar-refractivity contribution in [3.8, 4) is 0 Å². The van der Waals surface area contributed by atoms with Gasteiger partial charge >= 0.3 is 5.97 Å². The van der Waals surface area contributed by atoms with Gasteiger partial charge < -0.3 is 10.1 Å². The van der Waals surface area contributed by atoms with Gasteiger partial charge in [0.2, 0.25) is 0 Å². The van der Waals surface area contributed by atoms with E-state index >= 15 is 0 Å². The number of ether oxygens (including phenoxy) is 1. The summed E-state index contributed by atoms with van der Waals surface area (Å²) in [5.74, 6) is -0.166. The fraction of sp³-hybridized carbons (Fsp3) is 0.533. The molecule has 0 atom stereocenters. The maximum absolute atomic E-state index is 11.5. The van der Waals surface area contributed by atoms with Crippen LogP contribution in [0.3, 0.4) is 0 Å². The van der Waals surface area contributed by atoms with Crippen LogP contribution < -0.4 is 5.32 Å². The van der Waals surface area contributed by atoms with Crippen LogP contribution in [0.5, 0.6) is 0 Å². The molecule has 0 bridgehead atoms. The zero-order valence-electron chi connectivity index (χ0n) is 12.0. The van der Waals surface area contributed by atoms with E-state index in [1.807, 2.05) is 20.8 Å². The third kappa shape index (κ3) is 5.21. The number of rotatable bonds is 4.